The number of rotatable bonds is 7. The molecular formula is C25H33N3O2S. The first kappa shape index (κ1) is 23.4. The summed E-state index contributed by atoms with van der Waals surface area (Å²) in [5.41, 5.74) is 2.41. The Balaban J connectivity index is 1.66. The molecule has 2 amide bonds. The van der Waals surface area contributed by atoms with E-state index in [9.17, 15) is 9.59 Å². The van der Waals surface area contributed by atoms with Crippen molar-refractivity contribution in [3.63, 3.8) is 0 Å². The van der Waals surface area contributed by atoms with E-state index in [2.05, 4.69) is 60.6 Å². The van der Waals surface area contributed by atoms with Crippen LogP contribution in [0.3, 0.4) is 0 Å². The summed E-state index contributed by atoms with van der Waals surface area (Å²) >= 11 is 1.57. The predicted octanol–water partition coefficient (Wildman–Crippen LogP) is 5.10. The molecule has 0 saturated carbocycles. The highest BCUT2D eigenvalue weighted by molar-refractivity contribution is 7.99. The first-order valence-electron chi connectivity index (χ1n) is 11.0. The molecule has 2 aromatic rings. The van der Waals surface area contributed by atoms with Gasteiger partial charge in [0, 0.05) is 47.5 Å². The van der Waals surface area contributed by atoms with E-state index in [0.717, 1.165) is 16.3 Å². The molecule has 2 atom stereocenters. The van der Waals surface area contributed by atoms with Crippen molar-refractivity contribution in [3.05, 3.63) is 53.6 Å². The molecule has 31 heavy (non-hydrogen) atoms. The first-order chi connectivity index (χ1) is 14.8. The average molecular weight is 440 g/mol. The molecule has 5 nitrogen and oxygen atoms in total. The molecule has 6 heteroatoms. The Morgan fingerprint density at radius 1 is 1.06 bits per heavy atom. The van der Waals surface area contributed by atoms with E-state index in [0.29, 0.717) is 29.9 Å². The predicted molar refractivity (Wildman–Crippen MR) is 128 cm³/mol. The summed E-state index contributed by atoms with van der Waals surface area (Å²) in [6.07, 6.45) is 3.72. The second-order valence-corrected chi connectivity index (χ2v) is 9.55. The van der Waals surface area contributed by atoms with E-state index in [-0.39, 0.29) is 11.8 Å². The lowest BCUT2D eigenvalue weighted by molar-refractivity contribution is -0.114. The summed E-state index contributed by atoms with van der Waals surface area (Å²) in [4.78, 5) is 28.9. The van der Waals surface area contributed by atoms with Crippen LogP contribution in [0.1, 0.15) is 56.0 Å². The zero-order valence-corrected chi connectivity index (χ0v) is 19.7. The van der Waals surface area contributed by atoms with Crippen LogP contribution in [0.25, 0.3) is 0 Å². The fourth-order valence-corrected chi connectivity index (χ4v) is 4.98. The summed E-state index contributed by atoms with van der Waals surface area (Å²) in [6, 6.07) is 14.8. The molecule has 1 fully saturated rings. The Morgan fingerprint density at radius 3 is 2.39 bits per heavy atom. The van der Waals surface area contributed by atoms with Gasteiger partial charge >= 0.3 is 0 Å². The van der Waals surface area contributed by atoms with Gasteiger partial charge in [0.25, 0.3) is 5.91 Å². The fourth-order valence-electron chi connectivity index (χ4n) is 4.10. The standard InChI is InChI=1S/C25H33N3O2S/c1-17-8-11-22(12-9-17)31-24-13-10-21(16-23(24)27-20(4)29)25(30)26-14-15-28-18(2)6-5-7-19(28)3/h8-13,16,18-19H,5-7,14-15H2,1-4H3,(H,26,30)(H,27,29)/t18-,19+. The van der Waals surface area contributed by atoms with Crippen LogP contribution < -0.4 is 10.6 Å². The van der Waals surface area contributed by atoms with E-state index in [1.54, 1.807) is 17.8 Å². The minimum atomic E-state index is -0.156. The number of aryl methyl sites for hydroxylation is 1. The van der Waals surface area contributed by atoms with Gasteiger partial charge in [-0.25, -0.2) is 0 Å². The number of hydrogen-bond acceptors (Lipinski definition) is 4. The van der Waals surface area contributed by atoms with Crippen molar-refractivity contribution >= 4 is 29.3 Å². The molecule has 1 saturated heterocycles. The van der Waals surface area contributed by atoms with Crippen LogP contribution in [0, 0.1) is 6.92 Å². The van der Waals surface area contributed by atoms with Gasteiger partial charge in [0.2, 0.25) is 5.91 Å². The normalized spacial score (nSPS) is 19.1. The minimum absolute atomic E-state index is 0.115. The fraction of sp³-hybridized carbons (Fsp3) is 0.440. The summed E-state index contributed by atoms with van der Waals surface area (Å²) in [6.45, 7) is 9.53. The Kier molecular flexibility index (Phi) is 8.15. The summed E-state index contributed by atoms with van der Waals surface area (Å²) in [7, 11) is 0. The molecule has 166 valence electrons. The van der Waals surface area contributed by atoms with Gasteiger partial charge in [0.1, 0.15) is 0 Å². The van der Waals surface area contributed by atoms with Crippen LogP contribution in [0.15, 0.2) is 52.3 Å². The van der Waals surface area contributed by atoms with Gasteiger partial charge in [-0.2, -0.15) is 0 Å². The molecule has 2 aromatic carbocycles. The van der Waals surface area contributed by atoms with Gasteiger partial charge in [-0.15, -0.1) is 0 Å². The summed E-state index contributed by atoms with van der Waals surface area (Å²) in [5, 5.41) is 5.91. The van der Waals surface area contributed by atoms with E-state index in [1.165, 1.54) is 31.7 Å². The number of anilines is 1. The molecule has 1 heterocycles. The highest BCUT2D eigenvalue weighted by Gasteiger charge is 2.24. The lowest BCUT2D eigenvalue weighted by Gasteiger charge is -2.39. The SMILES string of the molecule is CC(=O)Nc1cc(C(=O)NCCN2[C@H](C)CCC[C@@H]2C)ccc1Sc1ccc(C)cc1. The number of piperidine rings is 1. The minimum Gasteiger partial charge on any atom is -0.351 e. The van der Waals surface area contributed by atoms with Crippen molar-refractivity contribution in [2.24, 2.45) is 0 Å². The summed E-state index contributed by atoms with van der Waals surface area (Å²) in [5.74, 6) is -0.271. The number of likely N-dealkylation sites (tertiary alicyclic amines) is 1. The van der Waals surface area contributed by atoms with Crippen molar-refractivity contribution in [2.45, 2.75) is 68.8 Å². The Labute approximate surface area is 190 Å². The number of carbonyl (C=O) groups excluding carboxylic acids is 2. The lowest BCUT2D eigenvalue weighted by atomic mass is 9.98. The highest BCUT2D eigenvalue weighted by Crippen LogP contribution is 2.34. The smallest absolute Gasteiger partial charge is 0.251 e. The molecule has 0 bridgehead atoms. The Hall–Kier alpha value is -2.31. The van der Waals surface area contributed by atoms with Gasteiger partial charge in [-0.3, -0.25) is 14.5 Å². The van der Waals surface area contributed by atoms with E-state index in [4.69, 9.17) is 0 Å². The molecular weight excluding hydrogens is 406 g/mol. The van der Waals surface area contributed by atoms with E-state index < -0.39 is 0 Å². The average Bonchev–Trinajstić information content (AvgIpc) is 2.72. The number of nitrogens with zero attached hydrogens (tertiary/aromatic N) is 1. The van der Waals surface area contributed by atoms with Crippen LogP contribution in [0.5, 0.6) is 0 Å². The molecule has 2 N–H and O–H groups in total. The first-order valence-corrected chi connectivity index (χ1v) is 11.8. The third kappa shape index (κ3) is 6.58. The largest absolute Gasteiger partial charge is 0.351 e. The molecule has 0 spiro atoms. The lowest BCUT2D eigenvalue weighted by Crippen LogP contribution is -2.47. The number of hydrogen-bond donors (Lipinski definition) is 2. The zero-order chi connectivity index (χ0) is 22.4. The van der Waals surface area contributed by atoms with Crippen LogP contribution in [0.2, 0.25) is 0 Å². The molecule has 3 rings (SSSR count). The maximum Gasteiger partial charge on any atom is 0.251 e. The Morgan fingerprint density at radius 2 is 1.74 bits per heavy atom. The number of benzene rings is 2. The van der Waals surface area contributed by atoms with Gasteiger partial charge < -0.3 is 10.6 Å². The van der Waals surface area contributed by atoms with Crippen LogP contribution in [-0.2, 0) is 4.79 Å². The molecule has 0 aliphatic carbocycles. The number of carbonyl (C=O) groups is 2. The third-order valence-electron chi connectivity index (χ3n) is 5.83. The van der Waals surface area contributed by atoms with Crippen molar-refractivity contribution in [1.29, 1.82) is 0 Å². The van der Waals surface area contributed by atoms with E-state index >= 15 is 0 Å². The molecule has 0 unspecified atom stereocenters. The maximum atomic E-state index is 12.7. The van der Waals surface area contributed by atoms with Gasteiger partial charge in [-0.1, -0.05) is 35.9 Å². The maximum absolute atomic E-state index is 12.7. The number of nitrogens with one attached hydrogen (secondary N) is 2. The zero-order valence-electron chi connectivity index (χ0n) is 18.9. The second-order valence-electron chi connectivity index (χ2n) is 8.43. The van der Waals surface area contributed by atoms with Crippen molar-refractivity contribution in [3.8, 4) is 0 Å². The third-order valence-corrected chi connectivity index (χ3v) is 6.92. The molecule has 0 aromatic heterocycles. The molecule has 1 aliphatic heterocycles. The topological polar surface area (TPSA) is 61.4 Å². The van der Waals surface area contributed by atoms with E-state index in [1.807, 2.05) is 12.1 Å². The Bertz CT molecular complexity index is 903. The second kappa shape index (κ2) is 10.8. The van der Waals surface area contributed by atoms with Crippen LogP contribution in [0.4, 0.5) is 5.69 Å². The van der Waals surface area contributed by atoms with Crippen LogP contribution >= 0.6 is 11.8 Å². The highest BCUT2D eigenvalue weighted by atomic mass is 32.2. The van der Waals surface area contributed by atoms with Gasteiger partial charge in [-0.05, 0) is 63.9 Å². The summed E-state index contributed by atoms with van der Waals surface area (Å²) < 4.78 is 0. The quantitative estimate of drug-likeness (QED) is 0.630. The monoisotopic (exact) mass is 439 g/mol. The van der Waals surface area contributed by atoms with Crippen molar-refractivity contribution in [2.75, 3.05) is 18.4 Å². The molecule has 1 aliphatic rings. The van der Waals surface area contributed by atoms with Gasteiger partial charge in [0.15, 0.2) is 0 Å². The van der Waals surface area contributed by atoms with Crippen LogP contribution in [-0.4, -0.2) is 41.9 Å². The number of amides is 2. The van der Waals surface area contributed by atoms with Crippen molar-refractivity contribution in [1.82, 2.24) is 10.2 Å². The molecule has 0 radical (unpaired) electrons. The van der Waals surface area contributed by atoms with Crippen molar-refractivity contribution < 1.29 is 9.59 Å². The van der Waals surface area contributed by atoms with Gasteiger partial charge in [0.05, 0.1) is 5.69 Å².